The Kier molecular flexibility index (Phi) is 5.17. The van der Waals surface area contributed by atoms with Gasteiger partial charge < -0.3 is 5.32 Å². The van der Waals surface area contributed by atoms with E-state index in [1.54, 1.807) is 17.1 Å². The average molecular weight is 350 g/mol. The third-order valence-electron chi connectivity index (χ3n) is 3.55. The fraction of sp³-hybridized carbons (Fsp3) is 0.375. The fourth-order valence-electron chi connectivity index (χ4n) is 2.16. The first kappa shape index (κ1) is 15.8. The zero-order valence-electron chi connectivity index (χ0n) is 12.5. The normalized spacial score (nSPS) is 13.7. The molecule has 2 unspecified atom stereocenters. The number of nitrogens with one attached hydrogen (secondary N) is 1. The van der Waals surface area contributed by atoms with Crippen molar-refractivity contribution in [1.82, 2.24) is 15.1 Å². The maximum atomic E-state index is 12.4. The second kappa shape index (κ2) is 6.89. The number of nitrogens with zero attached hydrogens (tertiary/aromatic N) is 2. The number of amides is 1. The molecule has 0 saturated carbocycles. The Bertz CT molecular complexity index is 606. The van der Waals surface area contributed by atoms with Gasteiger partial charge in [0, 0.05) is 6.20 Å². The van der Waals surface area contributed by atoms with Crippen molar-refractivity contribution in [3.63, 3.8) is 0 Å². The second-order valence-corrected chi connectivity index (χ2v) is 6.11. The molecule has 4 nitrogen and oxygen atoms in total. The van der Waals surface area contributed by atoms with Crippen molar-refractivity contribution in [2.24, 2.45) is 0 Å². The van der Waals surface area contributed by atoms with E-state index in [-0.39, 0.29) is 18.0 Å². The smallest absolute Gasteiger partial charge is 0.245 e. The quantitative estimate of drug-likeness (QED) is 0.892. The van der Waals surface area contributed by atoms with Crippen LogP contribution >= 0.6 is 15.9 Å². The number of halogens is 1. The molecule has 1 heterocycles. The van der Waals surface area contributed by atoms with Crippen LogP contribution in [-0.2, 0) is 4.79 Å². The summed E-state index contributed by atoms with van der Waals surface area (Å²) in [7, 11) is 0. The van der Waals surface area contributed by atoms with Crippen LogP contribution in [0.3, 0.4) is 0 Å². The van der Waals surface area contributed by atoms with E-state index < -0.39 is 0 Å². The second-order valence-electron chi connectivity index (χ2n) is 5.19. The van der Waals surface area contributed by atoms with Gasteiger partial charge in [-0.25, -0.2) is 0 Å². The number of carbonyl (C=O) groups excluding carboxylic acids is 1. The van der Waals surface area contributed by atoms with Crippen LogP contribution in [0.25, 0.3) is 0 Å². The molecule has 0 saturated heterocycles. The molecule has 112 valence electrons. The lowest BCUT2D eigenvalue weighted by Gasteiger charge is -2.20. The van der Waals surface area contributed by atoms with Crippen LogP contribution in [0.1, 0.15) is 43.5 Å². The highest BCUT2D eigenvalue weighted by Crippen LogP contribution is 2.19. The molecule has 2 aromatic rings. The van der Waals surface area contributed by atoms with Crippen molar-refractivity contribution in [3.05, 3.63) is 52.3 Å². The minimum atomic E-state index is -0.337. The van der Waals surface area contributed by atoms with E-state index in [9.17, 15) is 4.79 Å². The van der Waals surface area contributed by atoms with Crippen molar-refractivity contribution >= 4 is 21.8 Å². The lowest BCUT2D eigenvalue weighted by Crippen LogP contribution is -2.34. The SMILES string of the molecule is CCC(NC(=O)C(C)n1cc(Br)cn1)c1ccc(C)cc1. The highest BCUT2D eigenvalue weighted by molar-refractivity contribution is 9.10. The van der Waals surface area contributed by atoms with E-state index in [0.717, 1.165) is 16.5 Å². The van der Waals surface area contributed by atoms with E-state index in [2.05, 4.69) is 64.5 Å². The van der Waals surface area contributed by atoms with Crippen LogP contribution in [0, 0.1) is 6.92 Å². The molecule has 1 aromatic heterocycles. The highest BCUT2D eigenvalue weighted by Gasteiger charge is 2.19. The van der Waals surface area contributed by atoms with Crippen LogP contribution < -0.4 is 5.32 Å². The molecule has 1 amide bonds. The van der Waals surface area contributed by atoms with E-state index >= 15 is 0 Å². The maximum Gasteiger partial charge on any atom is 0.245 e. The van der Waals surface area contributed by atoms with Crippen LogP contribution in [0.15, 0.2) is 41.1 Å². The summed E-state index contributed by atoms with van der Waals surface area (Å²) in [5.41, 5.74) is 2.35. The molecule has 0 bridgehead atoms. The summed E-state index contributed by atoms with van der Waals surface area (Å²) >= 11 is 3.34. The summed E-state index contributed by atoms with van der Waals surface area (Å²) in [5, 5.41) is 7.26. The first-order chi connectivity index (χ1) is 10.0. The van der Waals surface area contributed by atoms with E-state index in [0.29, 0.717) is 0 Å². The van der Waals surface area contributed by atoms with Crippen molar-refractivity contribution < 1.29 is 4.79 Å². The number of rotatable bonds is 5. The molecule has 2 rings (SSSR count). The van der Waals surface area contributed by atoms with Crippen molar-refractivity contribution in [1.29, 1.82) is 0 Å². The Morgan fingerprint density at radius 1 is 1.38 bits per heavy atom. The molecule has 1 aromatic carbocycles. The molecular weight excluding hydrogens is 330 g/mol. The minimum Gasteiger partial charge on any atom is -0.347 e. The molecule has 1 N–H and O–H groups in total. The Morgan fingerprint density at radius 3 is 2.57 bits per heavy atom. The van der Waals surface area contributed by atoms with Gasteiger partial charge >= 0.3 is 0 Å². The Hall–Kier alpha value is -1.62. The van der Waals surface area contributed by atoms with Gasteiger partial charge in [0.25, 0.3) is 0 Å². The zero-order chi connectivity index (χ0) is 15.4. The molecule has 0 spiro atoms. The average Bonchev–Trinajstić information content (AvgIpc) is 2.91. The highest BCUT2D eigenvalue weighted by atomic mass is 79.9. The first-order valence-corrected chi connectivity index (χ1v) is 7.87. The third-order valence-corrected chi connectivity index (χ3v) is 3.96. The Morgan fingerprint density at radius 2 is 2.05 bits per heavy atom. The molecule has 0 radical (unpaired) electrons. The summed E-state index contributed by atoms with van der Waals surface area (Å²) in [6.07, 6.45) is 4.34. The van der Waals surface area contributed by atoms with E-state index in [1.165, 1.54) is 5.56 Å². The topological polar surface area (TPSA) is 46.9 Å². The fourth-order valence-corrected chi connectivity index (χ4v) is 2.46. The number of hydrogen-bond acceptors (Lipinski definition) is 2. The third kappa shape index (κ3) is 3.94. The standard InChI is InChI=1S/C16H20BrN3O/c1-4-15(13-7-5-11(2)6-8-13)19-16(21)12(3)20-10-14(17)9-18-20/h5-10,12,15H,4H2,1-3H3,(H,19,21). The Labute approximate surface area is 133 Å². The number of aromatic nitrogens is 2. The van der Waals surface area contributed by atoms with Crippen LogP contribution in [-0.4, -0.2) is 15.7 Å². The van der Waals surface area contributed by atoms with E-state index in [1.807, 2.05) is 6.92 Å². The number of hydrogen-bond donors (Lipinski definition) is 1. The van der Waals surface area contributed by atoms with Gasteiger partial charge in [0.2, 0.25) is 5.91 Å². The van der Waals surface area contributed by atoms with Gasteiger partial charge in [0.1, 0.15) is 6.04 Å². The zero-order valence-corrected chi connectivity index (χ0v) is 14.1. The molecule has 0 aliphatic carbocycles. The molecule has 0 aliphatic rings. The molecule has 0 fully saturated rings. The summed E-state index contributed by atoms with van der Waals surface area (Å²) < 4.78 is 2.52. The van der Waals surface area contributed by atoms with Crippen LogP contribution in [0.2, 0.25) is 0 Å². The van der Waals surface area contributed by atoms with Gasteiger partial charge in [-0.05, 0) is 41.8 Å². The molecule has 21 heavy (non-hydrogen) atoms. The van der Waals surface area contributed by atoms with Crippen LogP contribution in [0.5, 0.6) is 0 Å². The molecule has 5 heteroatoms. The van der Waals surface area contributed by atoms with Gasteiger partial charge in [-0.3, -0.25) is 9.48 Å². The molecular formula is C16H20BrN3O. The Balaban J connectivity index is 2.07. The minimum absolute atomic E-state index is 0.0274. The predicted octanol–water partition coefficient (Wildman–Crippen LogP) is 3.78. The van der Waals surface area contributed by atoms with Gasteiger partial charge in [-0.2, -0.15) is 5.10 Å². The predicted molar refractivity (Wildman–Crippen MR) is 87.0 cm³/mol. The number of aryl methyl sites for hydroxylation is 1. The number of benzene rings is 1. The lowest BCUT2D eigenvalue weighted by molar-refractivity contribution is -0.124. The largest absolute Gasteiger partial charge is 0.347 e. The van der Waals surface area contributed by atoms with Crippen molar-refractivity contribution in [2.45, 2.75) is 39.3 Å². The molecule has 0 aliphatic heterocycles. The summed E-state index contributed by atoms with van der Waals surface area (Å²) in [6.45, 7) is 5.97. The van der Waals surface area contributed by atoms with E-state index in [4.69, 9.17) is 0 Å². The summed E-state index contributed by atoms with van der Waals surface area (Å²) in [4.78, 5) is 12.4. The van der Waals surface area contributed by atoms with Gasteiger partial charge in [-0.1, -0.05) is 36.8 Å². The first-order valence-electron chi connectivity index (χ1n) is 7.08. The lowest BCUT2D eigenvalue weighted by atomic mass is 10.0. The van der Waals surface area contributed by atoms with Gasteiger partial charge in [-0.15, -0.1) is 0 Å². The monoisotopic (exact) mass is 349 g/mol. The van der Waals surface area contributed by atoms with Crippen molar-refractivity contribution in [3.8, 4) is 0 Å². The van der Waals surface area contributed by atoms with Gasteiger partial charge in [0.15, 0.2) is 0 Å². The molecule has 2 atom stereocenters. The summed E-state index contributed by atoms with van der Waals surface area (Å²) in [5.74, 6) is -0.0296. The number of carbonyl (C=O) groups is 1. The maximum absolute atomic E-state index is 12.4. The van der Waals surface area contributed by atoms with Crippen LogP contribution in [0.4, 0.5) is 0 Å². The van der Waals surface area contributed by atoms with Gasteiger partial charge in [0.05, 0.1) is 16.7 Å². The summed E-state index contributed by atoms with van der Waals surface area (Å²) in [6, 6.07) is 7.96. The van der Waals surface area contributed by atoms with Crippen molar-refractivity contribution in [2.75, 3.05) is 0 Å².